The molecule has 1 fully saturated rings. The first-order valence-corrected chi connectivity index (χ1v) is 11.4. The molecule has 1 aliphatic rings. The first-order valence-electron chi connectivity index (χ1n) is 10.6. The van der Waals surface area contributed by atoms with Crippen molar-refractivity contribution < 1.29 is 9.47 Å². The average molecular weight is 486 g/mol. The summed E-state index contributed by atoms with van der Waals surface area (Å²) >= 11 is 12.6. The van der Waals surface area contributed by atoms with Crippen LogP contribution < -0.4 is 15.8 Å². The monoisotopic (exact) mass is 485 g/mol. The molecule has 1 aromatic carbocycles. The Hall–Kier alpha value is -2.87. The number of benzene rings is 1. The van der Waals surface area contributed by atoms with Crippen molar-refractivity contribution in [1.82, 2.24) is 9.97 Å². The van der Waals surface area contributed by atoms with Gasteiger partial charge in [0.15, 0.2) is 0 Å². The van der Waals surface area contributed by atoms with Crippen molar-refractivity contribution in [3.05, 3.63) is 75.2 Å². The van der Waals surface area contributed by atoms with Crippen LogP contribution in [0.15, 0.2) is 42.7 Å². The zero-order valence-corrected chi connectivity index (χ0v) is 19.7. The molecule has 4 N–H and O–H groups in total. The van der Waals surface area contributed by atoms with Gasteiger partial charge in [0.1, 0.15) is 18.2 Å². The van der Waals surface area contributed by atoms with Crippen molar-refractivity contribution in [3.8, 4) is 5.75 Å². The van der Waals surface area contributed by atoms with E-state index in [1.54, 1.807) is 30.6 Å². The summed E-state index contributed by atoms with van der Waals surface area (Å²) in [7, 11) is 0. The number of halogens is 2. The van der Waals surface area contributed by atoms with Crippen LogP contribution in [0.2, 0.25) is 10.0 Å². The minimum Gasteiger partial charge on any atom is -0.489 e. The second-order valence-electron chi connectivity index (χ2n) is 7.86. The molecule has 4 rings (SSSR count). The molecule has 0 spiro atoms. The van der Waals surface area contributed by atoms with E-state index in [-0.39, 0.29) is 12.3 Å². The second-order valence-corrected chi connectivity index (χ2v) is 8.65. The minimum absolute atomic E-state index is 0.172. The summed E-state index contributed by atoms with van der Waals surface area (Å²) in [5.41, 5.74) is 9.47. The van der Waals surface area contributed by atoms with Crippen LogP contribution in [0.1, 0.15) is 35.2 Å². The number of rotatable bonds is 7. The van der Waals surface area contributed by atoms with E-state index in [0.29, 0.717) is 49.9 Å². The molecule has 0 amide bonds. The number of aromatic nitrogens is 2. The van der Waals surface area contributed by atoms with E-state index < -0.39 is 0 Å². The highest BCUT2D eigenvalue weighted by molar-refractivity contribution is 6.36. The third-order valence-electron chi connectivity index (χ3n) is 5.55. The topological polar surface area (TPSA) is 106 Å². The number of hydrogen-bond donors (Lipinski definition) is 3. The molecule has 0 aliphatic carbocycles. The van der Waals surface area contributed by atoms with Crippen LogP contribution in [0, 0.1) is 12.3 Å². The predicted molar refractivity (Wildman–Crippen MR) is 132 cm³/mol. The number of anilines is 2. The highest BCUT2D eigenvalue weighted by Crippen LogP contribution is 2.29. The van der Waals surface area contributed by atoms with Crippen LogP contribution >= 0.6 is 23.2 Å². The molecule has 3 heterocycles. The number of nitrogens with two attached hydrogens (primary N) is 1. The number of nitrogens with zero attached hydrogens (tertiary/aromatic N) is 2. The highest BCUT2D eigenvalue weighted by atomic mass is 35.5. The van der Waals surface area contributed by atoms with E-state index in [9.17, 15) is 0 Å². The van der Waals surface area contributed by atoms with Gasteiger partial charge in [0.05, 0.1) is 21.5 Å². The molecule has 0 unspecified atom stereocenters. The fourth-order valence-electron chi connectivity index (χ4n) is 3.57. The molecule has 2 aromatic heterocycles. The van der Waals surface area contributed by atoms with Crippen LogP contribution in [-0.4, -0.2) is 34.9 Å². The molecule has 3 aromatic rings. The summed E-state index contributed by atoms with van der Waals surface area (Å²) in [5.74, 6) is 1.33. The zero-order chi connectivity index (χ0) is 23.4. The van der Waals surface area contributed by atoms with Gasteiger partial charge >= 0.3 is 0 Å². The smallest absolute Gasteiger partial charge is 0.126 e. The Bertz CT molecular complexity index is 1150. The molecule has 0 bridgehead atoms. The molecular weight excluding hydrogens is 461 g/mol. The lowest BCUT2D eigenvalue weighted by molar-refractivity contribution is 0.0904. The van der Waals surface area contributed by atoms with E-state index in [4.69, 9.17) is 43.8 Å². The van der Waals surface area contributed by atoms with Crippen LogP contribution in [0.4, 0.5) is 11.5 Å². The maximum absolute atomic E-state index is 8.66. The molecule has 1 aliphatic heterocycles. The summed E-state index contributed by atoms with van der Waals surface area (Å²) in [6.07, 6.45) is 5.14. The van der Waals surface area contributed by atoms with E-state index in [1.807, 2.05) is 19.1 Å². The number of aryl methyl sites for hydroxylation is 1. The maximum atomic E-state index is 8.66. The lowest BCUT2D eigenvalue weighted by atomic mass is 10.0. The van der Waals surface area contributed by atoms with Gasteiger partial charge in [0.2, 0.25) is 0 Å². The van der Waals surface area contributed by atoms with Gasteiger partial charge in [-0.15, -0.1) is 0 Å². The Labute approximate surface area is 202 Å². The van der Waals surface area contributed by atoms with Crippen molar-refractivity contribution in [2.24, 2.45) is 0 Å². The summed E-state index contributed by atoms with van der Waals surface area (Å²) < 4.78 is 11.3. The van der Waals surface area contributed by atoms with Crippen LogP contribution in [0.5, 0.6) is 5.75 Å². The summed E-state index contributed by atoms with van der Waals surface area (Å²) in [4.78, 5) is 8.61. The van der Waals surface area contributed by atoms with Crippen LogP contribution in [-0.2, 0) is 11.3 Å². The maximum Gasteiger partial charge on any atom is 0.126 e. The molecule has 7 nitrogen and oxygen atoms in total. The fraction of sp³-hybridized carbons (Fsp3) is 0.292. The van der Waals surface area contributed by atoms with E-state index in [2.05, 4.69) is 15.3 Å². The van der Waals surface area contributed by atoms with Gasteiger partial charge in [0.25, 0.3) is 0 Å². The first kappa shape index (κ1) is 23.3. The Morgan fingerprint density at radius 1 is 1.18 bits per heavy atom. The Kier molecular flexibility index (Phi) is 7.33. The third-order valence-corrected chi connectivity index (χ3v) is 6.37. The van der Waals surface area contributed by atoms with Crippen molar-refractivity contribution >= 4 is 40.4 Å². The molecule has 1 saturated heterocycles. The third kappa shape index (κ3) is 5.55. The van der Waals surface area contributed by atoms with Gasteiger partial charge in [-0.1, -0.05) is 23.2 Å². The summed E-state index contributed by atoms with van der Waals surface area (Å²) in [6, 6.07) is 9.30. The second kappa shape index (κ2) is 10.4. The van der Waals surface area contributed by atoms with Gasteiger partial charge in [-0.25, -0.2) is 4.98 Å². The number of nitrogen functional groups attached to an aromatic ring is 1. The van der Waals surface area contributed by atoms with Crippen molar-refractivity contribution in [1.29, 1.82) is 5.41 Å². The molecule has 9 heteroatoms. The Balaban J connectivity index is 1.47. The quantitative estimate of drug-likeness (QED) is 0.311. The van der Waals surface area contributed by atoms with Gasteiger partial charge in [-0.2, -0.15) is 0 Å². The number of nitrogens with one attached hydrogen (secondary N) is 2. The Morgan fingerprint density at radius 2 is 1.97 bits per heavy atom. The standard InChI is InChI=1S/C24H25Cl2N5O2/c1-14-23(26)19(20(25)12-29-14)13-33-17-3-4-21(27)18(10-17)24(28)15-2-5-22(30-11-15)31-16-6-8-32-9-7-16/h2-5,10-12,16,28H,6-9,13,27H2,1H3,(H,30,31). The molecule has 172 valence electrons. The van der Waals surface area contributed by atoms with Crippen molar-refractivity contribution in [2.45, 2.75) is 32.4 Å². The van der Waals surface area contributed by atoms with Crippen molar-refractivity contribution in [3.63, 3.8) is 0 Å². The largest absolute Gasteiger partial charge is 0.489 e. The van der Waals surface area contributed by atoms with Crippen LogP contribution in [0.3, 0.4) is 0 Å². The highest BCUT2D eigenvalue weighted by Gasteiger charge is 2.16. The summed E-state index contributed by atoms with van der Waals surface area (Å²) in [5, 5.41) is 13.0. The lowest BCUT2D eigenvalue weighted by Gasteiger charge is -2.23. The van der Waals surface area contributed by atoms with Crippen LogP contribution in [0.25, 0.3) is 0 Å². The summed E-state index contributed by atoms with van der Waals surface area (Å²) in [6.45, 7) is 3.50. The minimum atomic E-state index is 0.172. The van der Waals surface area contributed by atoms with Gasteiger partial charge in [-0.05, 0) is 50.1 Å². The molecule has 33 heavy (non-hydrogen) atoms. The molecule has 0 radical (unpaired) electrons. The fourth-order valence-corrected chi connectivity index (χ4v) is 4.03. The first-order chi connectivity index (χ1) is 15.9. The van der Waals surface area contributed by atoms with Gasteiger partial charge < -0.3 is 20.5 Å². The van der Waals surface area contributed by atoms with E-state index in [1.165, 1.54) is 0 Å². The number of hydrogen-bond acceptors (Lipinski definition) is 7. The van der Waals surface area contributed by atoms with Crippen molar-refractivity contribution in [2.75, 3.05) is 24.3 Å². The zero-order valence-electron chi connectivity index (χ0n) is 18.2. The number of pyridine rings is 2. The van der Waals surface area contributed by atoms with Gasteiger partial charge in [0, 0.05) is 54.0 Å². The van der Waals surface area contributed by atoms with E-state index in [0.717, 1.165) is 31.9 Å². The molecule has 0 atom stereocenters. The SMILES string of the molecule is Cc1ncc(Cl)c(COc2ccc(N)c(C(=N)c3ccc(NC4CCOCC4)nc3)c2)c1Cl. The number of ether oxygens (including phenoxy) is 2. The average Bonchev–Trinajstić information content (AvgIpc) is 2.83. The molecule has 0 saturated carbocycles. The van der Waals surface area contributed by atoms with Gasteiger partial charge in [-0.3, -0.25) is 10.4 Å². The molecular formula is C24H25Cl2N5O2. The Morgan fingerprint density at radius 3 is 2.70 bits per heavy atom. The lowest BCUT2D eigenvalue weighted by Crippen LogP contribution is -2.28. The van der Waals surface area contributed by atoms with E-state index >= 15 is 0 Å². The predicted octanol–water partition coefficient (Wildman–Crippen LogP) is 5.26. The normalized spacial score (nSPS) is 14.2.